The van der Waals surface area contributed by atoms with Crippen molar-refractivity contribution in [1.82, 2.24) is 5.32 Å². The molecule has 0 unspecified atom stereocenters. The Bertz CT molecular complexity index is 473. The summed E-state index contributed by atoms with van der Waals surface area (Å²) in [4.78, 5) is 11.6. The molecule has 0 aliphatic heterocycles. The molecule has 0 aliphatic rings. The second-order valence-electron chi connectivity index (χ2n) is 4.07. The molecule has 0 radical (unpaired) electrons. The highest BCUT2D eigenvalue weighted by molar-refractivity contribution is 5.92. The standard InChI is InChI=1S/C15H21NO5/c1-19-13-4-5-14(20-2)12(11-13)3-6-15(18)16-7-9-21-10-8-17/h3-6,11,17H,7-10H2,1-2H3,(H,16,18)/b6-3+. The maximum atomic E-state index is 11.6. The van der Waals surface area contributed by atoms with Crippen molar-refractivity contribution >= 4 is 12.0 Å². The van der Waals surface area contributed by atoms with E-state index >= 15 is 0 Å². The van der Waals surface area contributed by atoms with E-state index in [1.165, 1.54) is 6.08 Å². The topological polar surface area (TPSA) is 77.0 Å². The lowest BCUT2D eigenvalue weighted by Crippen LogP contribution is -2.25. The average Bonchev–Trinajstić information content (AvgIpc) is 2.52. The lowest BCUT2D eigenvalue weighted by molar-refractivity contribution is -0.116. The largest absolute Gasteiger partial charge is 0.497 e. The zero-order chi connectivity index (χ0) is 15.5. The summed E-state index contributed by atoms with van der Waals surface area (Å²) in [5.74, 6) is 1.12. The third kappa shape index (κ3) is 6.29. The van der Waals surface area contributed by atoms with Gasteiger partial charge in [0.05, 0.1) is 34.0 Å². The van der Waals surface area contributed by atoms with Crippen molar-refractivity contribution in [2.24, 2.45) is 0 Å². The molecule has 0 aliphatic carbocycles. The molecule has 116 valence electrons. The summed E-state index contributed by atoms with van der Waals surface area (Å²) >= 11 is 0. The Kier molecular flexibility index (Phi) is 7.93. The summed E-state index contributed by atoms with van der Waals surface area (Å²) in [6.45, 7) is 0.997. The SMILES string of the molecule is COc1ccc(OC)c(/C=C/C(=O)NCCOCCO)c1. The quantitative estimate of drug-likeness (QED) is 0.521. The molecule has 0 atom stereocenters. The van der Waals surface area contributed by atoms with E-state index in [-0.39, 0.29) is 19.1 Å². The highest BCUT2D eigenvalue weighted by Crippen LogP contribution is 2.24. The first-order chi connectivity index (χ1) is 10.2. The van der Waals surface area contributed by atoms with E-state index in [9.17, 15) is 4.79 Å². The van der Waals surface area contributed by atoms with Gasteiger partial charge in [-0.05, 0) is 24.3 Å². The van der Waals surface area contributed by atoms with Crippen LogP contribution in [-0.2, 0) is 9.53 Å². The summed E-state index contributed by atoms with van der Waals surface area (Å²) < 4.78 is 15.4. The monoisotopic (exact) mass is 295 g/mol. The van der Waals surface area contributed by atoms with Gasteiger partial charge in [0.1, 0.15) is 11.5 Å². The van der Waals surface area contributed by atoms with Crippen molar-refractivity contribution in [2.45, 2.75) is 0 Å². The predicted octanol–water partition coefficient (Wildman–Crippen LogP) is 0.842. The van der Waals surface area contributed by atoms with Gasteiger partial charge < -0.3 is 24.6 Å². The number of aliphatic hydroxyl groups excluding tert-OH is 1. The molecule has 0 bridgehead atoms. The van der Waals surface area contributed by atoms with Crippen LogP contribution >= 0.6 is 0 Å². The van der Waals surface area contributed by atoms with Crippen molar-refractivity contribution in [1.29, 1.82) is 0 Å². The van der Waals surface area contributed by atoms with Gasteiger partial charge in [-0.15, -0.1) is 0 Å². The number of nitrogens with one attached hydrogen (secondary N) is 1. The Morgan fingerprint density at radius 3 is 2.76 bits per heavy atom. The molecular weight excluding hydrogens is 274 g/mol. The number of amides is 1. The minimum absolute atomic E-state index is 0.0243. The number of benzene rings is 1. The molecule has 0 fully saturated rings. The van der Waals surface area contributed by atoms with Crippen LogP contribution in [0.5, 0.6) is 11.5 Å². The van der Waals surface area contributed by atoms with E-state index in [0.29, 0.717) is 24.7 Å². The fraction of sp³-hybridized carbons (Fsp3) is 0.400. The Hall–Kier alpha value is -2.05. The molecule has 6 nitrogen and oxygen atoms in total. The summed E-state index contributed by atoms with van der Waals surface area (Å²) in [6, 6.07) is 5.35. The average molecular weight is 295 g/mol. The molecule has 0 saturated carbocycles. The minimum atomic E-state index is -0.229. The number of carbonyl (C=O) groups is 1. The van der Waals surface area contributed by atoms with Crippen molar-refractivity contribution in [2.75, 3.05) is 40.6 Å². The molecule has 1 aromatic rings. The van der Waals surface area contributed by atoms with Gasteiger partial charge in [-0.1, -0.05) is 0 Å². The molecule has 2 N–H and O–H groups in total. The van der Waals surface area contributed by atoms with Gasteiger partial charge in [0, 0.05) is 18.2 Å². The molecule has 6 heteroatoms. The maximum absolute atomic E-state index is 11.6. The zero-order valence-electron chi connectivity index (χ0n) is 12.3. The van der Waals surface area contributed by atoms with E-state index in [2.05, 4.69) is 5.32 Å². The molecule has 0 spiro atoms. The van der Waals surface area contributed by atoms with E-state index < -0.39 is 0 Å². The van der Waals surface area contributed by atoms with E-state index in [1.807, 2.05) is 0 Å². The third-order valence-corrected chi connectivity index (χ3v) is 2.63. The number of rotatable bonds is 9. The molecule has 1 aromatic carbocycles. The number of methoxy groups -OCH3 is 2. The number of aliphatic hydroxyl groups is 1. The summed E-state index contributed by atoms with van der Waals surface area (Å²) in [5, 5.41) is 11.2. The van der Waals surface area contributed by atoms with Gasteiger partial charge in [-0.2, -0.15) is 0 Å². The number of carbonyl (C=O) groups excluding carboxylic acids is 1. The zero-order valence-corrected chi connectivity index (χ0v) is 12.3. The second-order valence-corrected chi connectivity index (χ2v) is 4.07. The molecule has 0 aromatic heterocycles. The molecule has 1 amide bonds. The van der Waals surface area contributed by atoms with Gasteiger partial charge in [0.2, 0.25) is 5.91 Å². The van der Waals surface area contributed by atoms with Crippen LogP contribution in [0.25, 0.3) is 6.08 Å². The van der Waals surface area contributed by atoms with Gasteiger partial charge in [0.25, 0.3) is 0 Å². The first-order valence-electron chi connectivity index (χ1n) is 6.57. The number of hydrogen-bond acceptors (Lipinski definition) is 5. The van der Waals surface area contributed by atoms with Crippen LogP contribution in [-0.4, -0.2) is 51.6 Å². The lowest BCUT2D eigenvalue weighted by Gasteiger charge is -2.07. The van der Waals surface area contributed by atoms with Crippen molar-refractivity contribution in [3.63, 3.8) is 0 Å². The summed E-state index contributed by atoms with van der Waals surface area (Å²) in [5.41, 5.74) is 0.753. The van der Waals surface area contributed by atoms with E-state index in [1.54, 1.807) is 38.5 Å². The first-order valence-corrected chi connectivity index (χ1v) is 6.57. The summed E-state index contributed by atoms with van der Waals surface area (Å²) in [7, 11) is 3.14. The Morgan fingerprint density at radius 2 is 2.10 bits per heavy atom. The smallest absolute Gasteiger partial charge is 0.244 e. The van der Waals surface area contributed by atoms with Gasteiger partial charge in [-0.25, -0.2) is 0 Å². The fourth-order valence-electron chi connectivity index (χ4n) is 1.61. The van der Waals surface area contributed by atoms with E-state index in [4.69, 9.17) is 19.3 Å². The number of ether oxygens (including phenoxy) is 3. The molecule has 1 rings (SSSR count). The highest BCUT2D eigenvalue weighted by Gasteiger charge is 2.03. The summed E-state index contributed by atoms with van der Waals surface area (Å²) in [6.07, 6.45) is 3.08. The van der Waals surface area contributed by atoms with Gasteiger partial charge >= 0.3 is 0 Å². The highest BCUT2D eigenvalue weighted by atomic mass is 16.5. The molecule has 21 heavy (non-hydrogen) atoms. The second kappa shape index (κ2) is 9.79. The van der Waals surface area contributed by atoms with Crippen LogP contribution in [0.15, 0.2) is 24.3 Å². The molecule has 0 saturated heterocycles. The van der Waals surface area contributed by atoms with Crippen LogP contribution < -0.4 is 14.8 Å². The first kappa shape index (κ1) is 17.0. The Balaban J connectivity index is 2.53. The lowest BCUT2D eigenvalue weighted by atomic mass is 10.1. The minimum Gasteiger partial charge on any atom is -0.497 e. The normalized spacial score (nSPS) is 10.6. The van der Waals surface area contributed by atoms with Crippen LogP contribution in [0.4, 0.5) is 0 Å². The van der Waals surface area contributed by atoms with Crippen LogP contribution in [0.1, 0.15) is 5.56 Å². The maximum Gasteiger partial charge on any atom is 0.244 e. The van der Waals surface area contributed by atoms with Crippen LogP contribution in [0.3, 0.4) is 0 Å². The van der Waals surface area contributed by atoms with Crippen LogP contribution in [0, 0.1) is 0 Å². The van der Waals surface area contributed by atoms with Gasteiger partial charge in [-0.3, -0.25) is 4.79 Å². The fourth-order valence-corrected chi connectivity index (χ4v) is 1.61. The van der Waals surface area contributed by atoms with Gasteiger partial charge in [0.15, 0.2) is 0 Å². The van der Waals surface area contributed by atoms with Crippen molar-refractivity contribution < 1.29 is 24.1 Å². The molecular formula is C15H21NO5. The van der Waals surface area contributed by atoms with Crippen molar-refractivity contribution in [3.05, 3.63) is 29.8 Å². The molecule has 0 heterocycles. The Morgan fingerprint density at radius 1 is 1.29 bits per heavy atom. The third-order valence-electron chi connectivity index (χ3n) is 2.63. The van der Waals surface area contributed by atoms with E-state index in [0.717, 1.165) is 5.56 Å². The van der Waals surface area contributed by atoms with Crippen LogP contribution in [0.2, 0.25) is 0 Å². The number of hydrogen-bond donors (Lipinski definition) is 2. The van der Waals surface area contributed by atoms with Crippen molar-refractivity contribution in [3.8, 4) is 11.5 Å². The predicted molar refractivity (Wildman–Crippen MR) is 79.5 cm³/mol. The Labute approximate surface area is 124 Å².